The summed E-state index contributed by atoms with van der Waals surface area (Å²) in [5.41, 5.74) is 0. The SMILES string of the molecule is CNCc1cc(S(=O)(=O)N(C)C(C)C)c(Br)o1. The minimum absolute atomic E-state index is 0.102. The maximum absolute atomic E-state index is 12.2. The molecule has 0 aliphatic rings. The third-order valence-electron chi connectivity index (χ3n) is 2.44. The lowest BCUT2D eigenvalue weighted by Gasteiger charge is -2.19. The number of furan rings is 1. The summed E-state index contributed by atoms with van der Waals surface area (Å²) in [6.07, 6.45) is 0. The van der Waals surface area contributed by atoms with Gasteiger partial charge in [0, 0.05) is 19.2 Å². The van der Waals surface area contributed by atoms with Crippen molar-refractivity contribution in [2.45, 2.75) is 31.3 Å². The van der Waals surface area contributed by atoms with Gasteiger partial charge in [-0.15, -0.1) is 0 Å². The Hall–Kier alpha value is -0.370. The van der Waals surface area contributed by atoms with Crippen molar-refractivity contribution in [2.75, 3.05) is 14.1 Å². The summed E-state index contributed by atoms with van der Waals surface area (Å²) in [6, 6.07) is 1.43. The van der Waals surface area contributed by atoms with Crippen molar-refractivity contribution in [2.24, 2.45) is 0 Å². The number of hydrogen-bond acceptors (Lipinski definition) is 4. The summed E-state index contributed by atoms with van der Waals surface area (Å²) in [4.78, 5) is 0.166. The molecule has 0 saturated carbocycles. The number of sulfonamides is 1. The van der Waals surface area contributed by atoms with E-state index in [0.717, 1.165) is 0 Å². The molecule has 0 unspecified atom stereocenters. The molecule has 0 aliphatic carbocycles. The average Bonchev–Trinajstić information content (AvgIpc) is 2.59. The Bertz CT molecular complexity index is 482. The van der Waals surface area contributed by atoms with E-state index in [1.165, 1.54) is 10.4 Å². The smallest absolute Gasteiger partial charge is 0.247 e. The second kappa shape index (κ2) is 5.51. The van der Waals surface area contributed by atoms with Crippen LogP contribution in [-0.2, 0) is 16.6 Å². The second-order valence-electron chi connectivity index (χ2n) is 4.00. The summed E-state index contributed by atoms with van der Waals surface area (Å²) in [7, 11) is -0.180. The molecule has 1 aromatic rings. The molecule has 7 heteroatoms. The Morgan fingerprint density at radius 1 is 1.53 bits per heavy atom. The molecule has 0 bridgehead atoms. The number of rotatable bonds is 5. The molecule has 1 aromatic heterocycles. The van der Waals surface area contributed by atoms with Crippen LogP contribution in [0.5, 0.6) is 0 Å². The molecular weight excluding hydrogens is 308 g/mol. The Balaban J connectivity index is 3.15. The fraction of sp³-hybridized carbons (Fsp3) is 0.600. The van der Waals surface area contributed by atoms with Gasteiger partial charge in [0.25, 0.3) is 0 Å². The summed E-state index contributed by atoms with van der Waals surface area (Å²) in [5.74, 6) is 0.579. The molecule has 98 valence electrons. The maximum Gasteiger partial charge on any atom is 0.247 e. The number of nitrogens with zero attached hydrogens (tertiary/aromatic N) is 1. The first-order chi connectivity index (χ1) is 7.80. The molecule has 1 heterocycles. The number of nitrogens with one attached hydrogen (secondary N) is 1. The molecule has 0 atom stereocenters. The molecule has 0 radical (unpaired) electrons. The van der Waals surface area contributed by atoms with E-state index in [9.17, 15) is 8.42 Å². The minimum atomic E-state index is -3.50. The van der Waals surface area contributed by atoms with Gasteiger partial charge in [0.05, 0.1) is 6.54 Å². The highest BCUT2D eigenvalue weighted by Gasteiger charge is 2.28. The zero-order valence-corrected chi connectivity index (χ0v) is 12.7. The fourth-order valence-corrected chi connectivity index (χ4v) is 3.59. The highest BCUT2D eigenvalue weighted by Crippen LogP contribution is 2.28. The Morgan fingerprint density at radius 2 is 2.12 bits per heavy atom. The molecule has 0 amide bonds. The monoisotopic (exact) mass is 324 g/mol. The van der Waals surface area contributed by atoms with Gasteiger partial charge in [0.2, 0.25) is 10.0 Å². The first kappa shape index (κ1) is 14.7. The van der Waals surface area contributed by atoms with Gasteiger partial charge >= 0.3 is 0 Å². The highest BCUT2D eigenvalue weighted by molar-refractivity contribution is 9.10. The lowest BCUT2D eigenvalue weighted by Crippen LogP contribution is -2.33. The highest BCUT2D eigenvalue weighted by atomic mass is 79.9. The molecule has 0 aromatic carbocycles. The van der Waals surface area contributed by atoms with Crippen molar-refractivity contribution in [3.05, 3.63) is 16.5 Å². The summed E-state index contributed by atoms with van der Waals surface area (Å²) >= 11 is 3.14. The van der Waals surface area contributed by atoms with Gasteiger partial charge in [-0.3, -0.25) is 0 Å². The molecule has 0 spiro atoms. The van der Waals surface area contributed by atoms with Gasteiger partial charge in [-0.25, -0.2) is 8.42 Å². The van der Waals surface area contributed by atoms with Gasteiger partial charge in [0.1, 0.15) is 10.7 Å². The van der Waals surface area contributed by atoms with Crippen LogP contribution in [0, 0.1) is 0 Å². The fourth-order valence-electron chi connectivity index (χ4n) is 1.27. The predicted molar refractivity (Wildman–Crippen MR) is 69.3 cm³/mol. The molecule has 0 saturated heterocycles. The standard InChI is InChI=1S/C10H17BrN2O3S/c1-7(2)13(4)17(14,15)9-5-8(6-12-3)16-10(9)11/h5,7,12H,6H2,1-4H3. The van der Waals surface area contributed by atoms with Crippen LogP contribution in [0.2, 0.25) is 0 Å². The van der Waals surface area contributed by atoms with Crippen LogP contribution in [0.4, 0.5) is 0 Å². The van der Waals surface area contributed by atoms with E-state index in [1.807, 2.05) is 13.8 Å². The van der Waals surface area contributed by atoms with Crippen molar-refractivity contribution in [3.8, 4) is 0 Å². The quantitative estimate of drug-likeness (QED) is 0.897. The van der Waals surface area contributed by atoms with E-state index in [-0.39, 0.29) is 15.6 Å². The molecule has 0 aliphatic heterocycles. The summed E-state index contributed by atoms with van der Waals surface area (Å²) < 4.78 is 31.3. The molecule has 5 nitrogen and oxygen atoms in total. The molecule has 1 N–H and O–H groups in total. The topological polar surface area (TPSA) is 62.6 Å². The molecule has 17 heavy (non-hydrogen) atoms. The average molecular weight is 325 g/mol. The van der Waals surface area contributed by atoms with E-state index < -0.39 is 10.0 Å². The van der Waals surface area contributed by atoms with Crippen LogP contribution in [0.1, 0.15) is 19.6 Å². The first-order valence-corrected chi connectivity index (χ1v) is 7.44. The summed E-state index contributed by atoms with van der Waals surface area (Å²) in [5, 5.41) is 2.90. The van der Waals surface area contributed by atoms with Crippen molar-refractivity contribution in [3.63, 3.8) is 0 Å². The number of hydrogen-bond donors (Lipinski definition) is 1. The van der Waals surface area contributed by atoms with E-state index in [1.54, 1.807) is 14.1 Å². The lowest BCUT2D eigenvalue weighted by atomic mass is 10.4. The largest absolute Gasteiger partial charge is 0.452 e. The minimum Gasteiger partial charge on any atom is -0.452 e. The van der Waals surface area contributed by atoms with E-state index in [0.29, 0.717) is 12.3 Å². The van der Waals surface area contributed by atoms with Crippen molar-refractivity contribution >= 4 is 26.0 Å². The number of halogens is 1. The molecule has 1 rings (SSSR count). The van der Waals surface area contributed by atoms with Gasteiger partial charge in [0.15, 0.2) is 4.67 Å². The van der Waals surface area contributed by atoms with Crippen LogP contribution in [-0.4, -0.2) is 32.9 Å². The summed E-state index contributed by atoms with van der Waals surface area (Å²) in [6.45, 7) is 4.12. The van der Waals surface area contributed by atoms with Crippen LogP contribution in [0.15, 0.2) is 20.0 Å². The Kier molecular flexibility index (Phi) is 4.77. The van der Waals surface area contributed by atoms with Crippen LogP contribution < -0.4 is 5.32 Å². The second-order valence-corrected chi connectivity index (χ2v) is 6.68. The predicted octanol–water partition coefficient (Wildman–Crippen LogP) is 1.79. The van der Waals surface area contributed by atoms with Crippen molar-refractivity contribution in [1.29, 1.82) is 0 Å². The van der Waals surface area contributed by atoms with Crippen molar-refractivity contribution in [1.82, 2.24) is 9.62 Å². The van der Waals surface area contributed by atoms with E-state index in [2.05, 4.69) is 21.2 Å². The van der Waals surface area contributed by atoms with Crippen molar-refractivity contribution < 1.29 is 12.8 Å². The third-order valence-corrected chi connectivity index (χ3v) is 5.33. The zero-order valence-electron chi connectivity index (χ0n) is 10.3. The van der Waals surface area contributed by atoms with Crippen LogP contribution in [0.25, 0.3) is 0 Å². The third kappa shape index (κ3) is 3.09. The Morgan fingerprint density at radius 3 is 2.59 bits per heavy atom. The van der Waals surface area contributed by atoms with Crippen LogP contribution >= 0.6 is 15.9 Å². The normalized spacial score (nSPS) is 12.6. The van der Waals surface area contributed by atoms with E-state index in [4.69, 9.17) is 4.42 Å². The lowest BCUT2D eigenvalue weighted by molar-refractivity contribution is 0.408. The maximum atomic E-state index is 12.2. The molecular formula is C10H17BrN2O3S. The zero-order chi connectivity index (χ0) is 13.2. The van der Waals surface area contributed by atoms with Gasteiger partial charge < -0.3 is 9.73 Å². The van der Waals surface area contributed by atoms with Gasteiger partial charge in [-0.1, -0.05) is 0 Å². The van der Waals surface area contributed by atoms with Gasteiger partial charge in [-0.05, 0) is 36.8 Å². The first-order valence-electron chi connectivity index (χ1n) is 5.21. The molecule has 0 fully saturated rings. The van der Waals surface area contributed by atoms with Crippen LogP contribution in [0.3, 0.4) is 0 Å². The van der Waals surface area contributed by atoms with Gasteiger partial charge in [-0.2, -0.15) is 4.31 Å². The van der Waals surface area contributed by atoms with E-state index >= 15 is 0 Å². The Labute approximate surface area is 110 Å².